The number of benzene rings is 1. The molecule has 0 amide bonds. The Morgan fingerprint density at radius 3 is 2.38 bits per heavy atom. The highest BCUT2D eigenvalue weighted by molar-refractivity contribution is 8.13. The summed E-state index contributed by atoms with van der Waals surface area (Å²) in [5, 5.41) is -0.140. The maximum Gasteiger partial charge on any atom is 0.262 e. The van der Waals surface area contributed by atoms with E-state index in [4.69, 9.17) is 48.1 Å². The highest BCUT2D eigenvalue weighted by Crippen LogP contribution is 2.37. The van der Waals surface area contributed by atoms with Crippen LogP contribution < -0.4 is 4.74 Å². The largest absolute Gasteiger partial charge is 0.492 e. The number of methoxy groups -OCH3 is 1. The molecule has 0 aliphatic heterocycles. The smallest absolute Gasteiger partial charge is 0.262 e. The average molecular weight is 378 g/mol. The average Bonchev–Trinajstić information content (AvgIpc) is 2.41. The molecule has 0 heterocycles. The molecular formula is C12H15Cl3O5S. The molecule has 0 aliphatic rings. The first kappa shape index (κ1) is 18.8. The maximum atomic E-state index is 11.3. The molecule has 120 valence electrons. The van der Waals surface area contributed by atoms with Crippen molar-refractivity contribution in [3.63, 3.8) is 0 Å². The molecule has 0 fully saturated rings. The van der Waals surface area contributed by atoms with E-state index in [1.165, 1.54) is 12.1 Å². The Bertz CT molecular complexity index is 562. The summed E-state index contributed by atoms with van der Waals surface area (Å²) in [7, 11) is 2.89. The number of hydrogen-bond donors (Lipinski definition) is 0. The molecule has 0 bridgehead atoms. The summed E-state index contributed by atoms with van der Waals surface area (Å²) >= 11 is 11.8. The molecule has 0 spiro atoms. The molecule has 0 unspecified atom stereocenters. The Kier molecular flexibility index (Phi) is 8.08. The molecule has 0 N–H and O–H groups in total. The molecule has 0 aromatic heterocycles. The number of ether oxygens (including phenoxy) is 3. The van der Waals surface area contributed by atoms with Crippen LogP contribution in [0.3, 0.4) is 0 Å². The van der Waals surface area contributed by atoms with Crippen LogP contribution in [0.4, 0.5) is 0 Å². The van der Waals surface area contributed by atoms with Crippen molar-refractivity contribution < 1.29 is 22.6 Å². The number of hydrogen-bond acceptors (Lipinski definition) is 5. The van der Waals surface area contributed by atoms with E-state index in [0.29, 0.717) is 38.6 Å². The quantitative estimate of drug-likeness (QED) is 0.488. The third-order valence-electron chi connectivity index (χ3n) is 2.40. The van der Waals surface area contributed by atoms with Crippen molar-refractivity contribution in [2.45, 2.75) is 11.3 Å². The van der Waals surface area contributed by atoms with E-state index in [2.05, 4.69) is 0 Å². The van der Waals surface area contributed by atoms with Crippen LogP contribution in [-0.2, 0) is 18.5 Å². The van der Waals surface area contributed by atoms with E-state index in [1.807, 2.05) is 0 Å². The molecule has 0 atom stereocenters. The zero-order valence-electron chi connectivity index (χ0n) is 11.3. The van der Waals surface area contributed by atoms with E-state index in [1.54, 1.807) is 7.11 Å². The minimum absolute atomic E-state index is 0.0127. The Morgan fingerprint density at radius 2 is 1.76 bits per heavy atom. The summed E-state index contributed by atoms with van der Waals surface area (Å²) in [6, 6.07) is 2.66. The van der Waals surface area contributed by atoms with Gasteiger partial charge in [0.1, 0.15) is 15.7 Å². The molecule has 1 rings (SSSR count). The summed E-state index contributed by atoms with van der Waals surface area (Å²) in [6.45, 7) is 1.93. The normalized spacial score (nSPS) is 11.6. The van der Waals surface area contributed by atoms with Gasteiger partial charge in [-0.25, -0.2) is 8.42 Å². The van der Waals surface area contributed by atoms with Gasteiger partial charge in [-0.3, -0.25) is 0 Å². The van der Waals surface area contributed by atoms with Crippen LogP contribution in [-0.4, -0.2) is 42.0 Å². The van der Waals surface area contributed by atoms with Crippen LogP contribution in [0.2, 0.25) is 10.0 Å². The first-order valence-electron chi connectivity index (χ1n) is 6.00. The standard InChI is InChI=1S/C12H15Cl3O5S/c1-18-7-8-19-5-2-6-20-9-3-4-10(21(15,16)17)12(14)11(9)13/h3-4H,2,5-8H2,1H3. The fourth-order valence-corrected chi connectivity index (χ4v) is 3.19. The molecule has 0 saturated carbocycles. The Balaban J connectivity index is 2.52. The van der Waals surface area contributed by atoms with Crippen molar-refractivity contribution in [3.05, 3.63) is 22.2 Å². The summed E-state index contributed by atoms with van der Waals surface area (Å²) < 4.78 is 38.0. The minimum Gasteiger partial charge on any atom is -0.492 e. The summed E-state index contributed by atoms with van der Waals surface area (Å²) in [4.78, 5) is -0.244. The number of halogens is 3. The second-order valence-corrected chi connectivity index (χ2v) is 7.23. The second-order valence-electron chi connectivity index (χ2n) is 3.93. The van der Waals surface area contributed by atoms with Crippen molar-refractivity contribution >= 4 is 42.9 Å². The van der Waals surface area contributed by atoms with Gasteiger partial charge in [-0.05, 0) is 12.1 Å². The van der Waals surface area contributed by atoms with Crippen molar-refractivity contribution in [1.29, 1.82) is 0 Å². The van der Waals surface area contributed by atoms with Crippen LogP contribution >= 0.6 is 33.9 Å². The van der Waals surface area contributed by atoms with Crippen LogP contribution in [0.5, 0.6) is 5.75 Å². The van der Waals surface area contributed by atoms with E-state index >= 15 is 0 Å². The fourth-order valence-electron chi connectivity index (χ4n) is 1.40. The molecule has 1 aromatic rings. The van der Waals surface area contributed by atoms with Crippen molar-refractivity contribution in [1.82, 2.24) is 0 Å². The zero-order chi connectivity index (χ0) is 15.9. The molecule has 1 aromatic carbocycles. The number of rotatable bonds is 9. The van der Waals surface area contributed by atoms with Gasteiger partial charge in [0.2, 0.25) is 0 Å². The zero-order valence-corrected chi connectivity index (χ0v) is 14.4. The first-order valence-corrected chi connectivity index (χ1v) is 9.06. The van der Waals surface area contributed by atoms with Crippen LogP contribution in [0.25, 0.3) is 0 Å². The molecule has 0 aliphatic carbocycles. The Morgan fingerprint density at radius 1 is 1.05 bits per heavy atom. The topological polar surface area (TPSA) is 61.8 Å². The molecule has 9 heteroatoms. The summed E-state index contributed by atoms with van der Waals surface area (Å²) in [6.07, 6.45) is 0.646. The summed E-state index contributed by atoms with van der Waals surface area (Å²) in [5.41, 5.74) is 0. The SMILES string of the molecule is COCCOCCCOc1ccc(S(=O)(=O)Cl)c(Cl)c1Cl. The highest BCUT2D eigenvalue weighted by atomic mass is 35.7. The lowest BCUT2D eigenvalue weighted by Gasteiger charge is -2.11. The van der Waals surface area contributed by atoms with E-state index in [-0.39, 0.29) is 14.9 Å². The van der Waals surface area contributed by atoms with Gasteiger partial charge in [0.05, 0.1) is 24.8 Å². The van der Waals surface area contributed by atoms with Crippen molar-refractivity contribution in [3.8, 4) is 5.75 Å². The second kappa shape index (κ2) is 9.02. The Hall–Kier alpha value is -0.240. The van der Waals surface area contributed by atoms with E-state index in [9.17, 15) is 8.42 Å². The van der Waals surface area contributed by atoms with Gasteiger partial charge in [-0.15, -0.1) is 0 Å². The van der Waals surface area contributed by atoms with Gasteiger partial charge in [-0.2, -0.15) is 0 Å². The Labute approximate surface area is 138 Å². The van der Waals surface area contributed by atoms with Crippen LogP contribution in [0.1, 0.15) is 6.42 Å². The van der Waals surface area contributed by atoms with Crippen LogP contribution in [0, 0.1) is 0 Å². The van der Waals surface area contributed by atoms with Gasteiger partial charge in [0.15, 0.2) is 0 Å². The van der Waals surface area contributed by atoms with Crippen molar-refractivity contribution in [2.75, 3.05) is 33.5 Å². The maximum absolute atomic E-state index is 11.3. The van der Waals surface area contributed by atoms with E-state index < -0.39 is 9.05 Å². The third-order valence-corrected chi connectivity index (χ3v) is 4.74. The van der Waals surface area contributed by atoms with Gasteiger partial charge >= 0.3 is 0 Å². The predicted molar refractivity (Wildman–Crippen MR) is 82.3 cm³/mol. The van der Waals surface area contributed by atoms with E-state index in [0.717, 1.165) is 0 Å². The lowest BCUT2D eigenvalue weighted by Crippen LogP contribution is -2.07. The van der Waals surface area contributed by atoms with Gasteiger partial charge in [0.25, 0.3) is 9.05 Å². The van der Waals surface area contributed by atoms with Gasteiger partial charge in [-0.1, -0.05) is 23.2 Å². The molecule has 0 saturated heterocycles. The third kappa shape index (κ3) is 6.18. The lowest BCUT2D eigenvalue weighted by molar-refractivity contribution is 0.0644. The highest BCUT2D eigenvalue weighted by Gasteiger charge is 2.19. The molecule has 21 heavy (non-hydrogen) atoms. The predicted octanol–water partition coefficient (Wildman–Crippen LogP) is 3.35. The molecular weight excluding hydrogens is 363 g/mol. The van der Waals surface area contributed by atoms with Crippen LogP contribution in [0.15, 0.2) is 17.0 Å². The fraction of sp³-hybridized carbons (Fsp3) is 0.500. The monoisotopic (exact) mass is 376 g/mol. The lowest BCUT2D eigenvalue weighted by atomic mass is 10.3. The summed E-state index contributed by atoms with van der Waals surface area (Å²) in [5.74, 6) is 0.294. The van der Waals surface area contributed by atoms with Crippen molar-refractivity contribution in [2.24, 2.45) is 0 Å². The molecule has 5 nitrogen and oxygen atoms in total. The van der Waals surface area contributed by atoms with Gasteiger partial charge in [0, 0.05) is 30.8 Å². The van der Waals surface area contributed by atoms with Gasteiger partial charge < -0.3 is 14.2 Å². The first-order chi connectivity index (χ1) is 9.88. The molecule has 0 radical (unpaired) electrons. The minimum atomic E-state index is -3.94.